The molecule has 2 rings (SSSR count). The largest absolute Gasteiger partial charge is 0.384 e. The zero-order chi connectivity index (χ0) is 15.1. The summed E-state index contributed by atoms with van der Waals surface area (Å²) in [4.78, 5) is 16.3. The van der Waals surface area contributed by atoms with Crippen molar-refractivity contribution in [3.63, 3.8) is 0 Å². The van der Waals surface area contributed by atoms with Gasteiger partial charge in [0.2, 0.25) is 0 Å². The Hall–Kier alpha value is -1.58. The number of anilines is 1. The van der Waals surface area contributed by atoms with E-state index in [1.807, 2.05) is 6.07 Å². The lowest BCUT2D eigenvalue weighted by atomic mass is 9.83. The van der Waals surface area contributed by atoms with E-state index in [9.17, 15) is 4.79 Å². The average molecular weight is 289 g/mol. The van der Waals surface area contributed by atoms with E-state index in [0.717, 1.165) is 31.1 Å². The number of carbonyl (C=O) groups excluding carboxylic acids is 1. The van der Waals surface area contributed by atoms with E-state index in [2.05, 4.69) is 29.5 Å². The molecular formula is C17H27N3O. The lowest BCUT2D eigenvalue weighted by Gasteiger charge is -2.26. The van der Waals surface area contributed by atoms with Crippen molar-refractivity contribution < 1.29 is 4.79 Å². The van der Waals surface area contributed by atoms with Crippen molar-refractivity contribution >= 4 is 11.6 Å². The monoisotopic (exact) mass is 289 g/mol. The van der Waals surface area contributed by atoms with Gasteiger partial charge in [0.15, 0.2) is 0 Å². The normalized spacial score (nSPS) is 21.8. The van der Waals surface area contributed by atoms with Crippen molar-refractivity contribution in [3.05, 3.63) is 24.0 Å². The first kappa shape index (κ1) is 15.8. The van der Waals surface area contributed by atoms with Crippen molar-refractivity contribution in [1.82, 2.24) is 10.3 Å². The molecule has 0 radical (unpaired) electrons. The molecule has 2 N–H and O–H groups in total. The van der Waals surface area contributed by atoms with Crippen LogP contribution in [0.25, 0.3) is 0 Å². The van der Waals surface area contributed by atoms with Gasteiger partial charge in [-0.3, -0.25) is 4.79 Å². The van der Waals surface area contributed by atoms with Gasteiger partial charge in [-0.15, -0.1) is 0 Å². The Morgan fingerprint density at radius 2 is 2.05 bits per heavy atom. The highest BCUT2D eigenvalue weighted by Gasteiger charge is 2.19. The van der Waals surface area contributed by atoms with Crippen LogP contribution < -0.4 is 10.6 Å². The van der Waals surface area contributed by atoms with Crippen molar-refractivity contribution in [2.24, 2.45) is 11.8 Å². The van der Waals surface area contributed by atoms with E-state index in [1.165, 1.54) is 25.7 Å². The first-order valence-electron chi connectivity index (χ1n) is 8.17. The van der Waals surface area contributed by atoms with E-state index in [0.29, 0.717) is 11.6 Å². The smallest absolute Gasteiger partial charge is 0.269 e. The van der Waals surface area contributed by atoms with Gasteiger partial charge in [-0.2, -0.15) is 0 Å². The molecule has 1 aliphatic carbocycles. The highest BCUT2D eigenvalue weighted by molar-refractivity contribution is 5.92. The van der Waals surface area contributed by atoms with Gasteiger partial charge in [-0.25, -0.2) is 4.98 Å². The van der Waals surface area contributed by atoms with Crippen LogP contribution in [0.5, 0.6) is 0 Å². The average Bonchev–Trinajstić information content (AvgIpc) is 2.52. The molecule has 1 aromatic rings. The van der Waals surface area contributed by atoms with Crippen molar-refractivity contribution in [1.29, 1.82) is 0 Å². The number of aromatic nitrogens is 1. The molecule has 0 aromatic carbocycles. The van der Waals surface area contributed by atoms with Crippen LogP contribution in [0.15, 0.2) is 18.3 Å². The summed E-state index contributed by atoms with van der Waals surface area (Å²) < 4.78 is 0. The molecular weight excluding hydrogens is 262 g/mol. The Morgan fingerprint density at radius 3 is 2.67 bits per heavy atom. The van der Waals surface area contributed by atoms with Crippen LogP contribution in [0, 0.1) is 11.8 Å². The fourth-order valence-corrected chi connectivity index (χ4v) is 2.76. The molecule has 0 unspecified atom stereocenters. The third kappa shape index (κ3) is 5.03. The second-order valence-electron chi connectivity index (χ2n) is 6.19. The molecule has 1 aromatic heterocycles. The fourth-order valence-electron chi connectivity index (χ4n) is 2.76. The minimum atomic E-state index is -0.0596. The van der Waals surface area contributed by atoms with E-state index in [-0.39, 0.29) is 5.91 Å². The summed E-state index contributed by atoms with van der Waals surface area (Å²) in [6.45, 7) is 6.14. The van der Waals surface area contributed by atoms with Crippen molar-refractivity contribution in [2.45, 2.75) is 46.0 Å². The maximum absolute atomic E-state index is 12.1. The summed E-state index contributed by atoms with van der Waals surface area (Å²) in [6, 6.07) is 3.70. The molecule has 1 fully saturated rings. The van der Waals surface area contributed by atoms with Crippen LogP contribution in [-0.4, -0.2) is 24.0 Å². The molecule has 4 nitrogen and oxygen atoms in total. The van der Waals surface area contributed by atoms with Crippen LogP contribution in [0.2, 0.25) is 0 Å². The van der Waals surface area contributed by atoms with E-state index in [4.69, 9.17) is 0 Å². The molecule has 0 spiro atoms. The first-order valence-corrected chi connectivity index (χ1v) is 8.17. The van der Waals surface area contributed by atoms with Crippen LogP contribution in [0.4, 0.5) is 5.69 Å². The first-order chi connectivity index (χ1) is 10.2. The van der Waals surface area contributed by atoms with Crippen LogP contribution >= 0.6 is 0 Å². The topological polar surface area (TPSA) is 54.0 Å². The molecule has 0 aliphatic heterocycles. The third-order valence-electron chi connectivity index (χ3n) is 4.26. The molecule has 1 amide bonds. The number of carbonyl (C=O) groups is 1. The van der Waals surface area contributed by atoms with Crippen molar-refractivity contribution in [2.75, 3.05) is 18.4 Å². The van der Waals surface area contributed by atoms with Gasteiger partial charge in [-0.05, 0) is 43.2 Å². The Morgan fingerprint density at radius 1 is 1.29 bits per heavy atom. The number of nitrogens with zero attached hydrogens (tertiary/aromatic N) is 1. The summed E-state index contributed by atoms with van der Waals surface area (Å²) in [7, 11) is 0. The highest BCUT2D eigenvalue weighted by atomic mass is 16.1. The summed E-state index contributed by atoms with van der Waals surface area (Å²) >= 11 is 0. The minimum Gasteiger partial charge on any atom is -0.384 e. The number of hydrogen-bond acceptors (Lipinski definition) is 3. The van der Waals surface area contributed by atoms with Crippen LogP contribution in [-0.2, 0) is 0 Å². The second-order valence-corrected chi connectivity index (χ2v) is 6.19. The van der Waals surface area contributed by atoms with E-state index >= 15 is 0 Å². The Labute approximate surface area is 127 Å². The maximum atomic E-state index is 12.1. The maximum Gasteiger partial charge on any atom is 0.269 e. The van der Waals surface area contributed by atoms with Gasteiger partial charge in [0.25, 0.3) is 5.91 Å². The third-order valence-corrected chi connectivity index (χ3v) is 4.26. The van der Waals surface area contributed by atoms with Gasteiger partial charge < -0.3 is 10.6 Å². The highest BCUT2D eigenvalue weighted by Crippen LogP contribution is 2.27. The molecule has 21 heavy (non-hydrogen) atoms. The summed E-state index contributed by atoms with van der Waals surface area (Å²) in [5.41, 5.74) is 1.47. The molecule has 1 aliphatic rings. The number of hydrogen-bond donors (Lipinski definition) is 2. The van der Waals surface area contributed by atoms with E-state index in [1.54, 1.807) is 12.3 Å². The summed E-state index contributed by atoms with van der Waals surface area (Å²) in [5, 5.41) is 6.28. The molecule has 0 atom stereocenters. The predicted molar refractivity (Wildman–Crippen MR) is 86.5 cm³/mol. The van der Waals surface area contributed by atoms with Gasteiger partial charge in [-0.1, -0.05) is 26.7 Å². The Kier molecular flexibility index (Phi) is 6.03. The standard InChI is InChI=1S/C17H27N3O/c1-3-10-18-15-8-9-16(19-12-15)17(21)20-11-14-6-4-13(2)5-7-14/h8-9,12-14,18H,3-7,10-11H2,1-2H3,(H,20,21). The Balaban J connectivity index is 1.77. The molecule has 1 heterocycles. The second kappa shape index (κ2) is 8.01. The van der Waals surface area contributed by atoms with Gasteiger partial charge >= 0.3 is 0 Å². The predicted octanol–water partition coefficient (Wildman–Crippen LogP) is 3.46. The van der Waals surface area contributed by atoms with Gasteiger partial charge in [0.1, 0.15) is 5.69 Å². The SMILES string of the molecule is CCCNc1ccc(C(=O)NCC2CCC(C)CC2)nc1. The van der Waals surface area contributed by atoms with Crippen molar-refractivity contribution in [3.8, 4) is 0 Å². The van der Waals surface area contributed by atoms with Gasteiger partial charge in [0.05, 0.1) is 11.9 Å². The quantitative estimate of drug-likeness (QED) is 0.843. The molecule has 0 saturated heterocycles. The van der Waals surface area contributed by atoms with Crippen LogP contribution in [0.3, 0.4) is 0 Å². The minimum absolute atomic E-state index is 0.0596. The summed E-state index contributed by atoms with van der Waals surface area (Å²) in [5.74, 6) is 1.42. The molecule has 116 valence electrons. The number of nitrogens with one attached hydrogen (secondary N) is 2. The molecule has 1 saturated carbocycles. The fraction of sp³-hybridized carbons (Fsp3) is 0.647. The van der Waals surface area contributed by atoms with Gasteiger partial charge in [0, 0.05) is 13.1 Å². The lowest BCUT2D eigenvalue weighted by Crippen LogP contribution is -2.31. The molecule has 0 bridgehead atoms. The zero-order valence-electron chi connectivity index (χ0n) is 13.2. The number of pyridine rings is 1. The van der Waals surface area contributed by atoms with E-state index < -0.39 is 0 Å². The Bertz CT molecular complexity index is 436. The number of amides is 1. The lowest BCUT2D eigenvalue weighted by molar-refractivity contribution is 0.0937. The number of rotatable bonds is 6. The zero-order valence-corrected chi connectivity index (χ0v) is 13.2. The van der Waals surface area contributed by atoms with Crippen LogP contribution in [0.1, 0.15) is 56.4 Å². The summed E-state index contributed by atoms with van der Waals surface area (Å²) in [6.07, 6.45) is 7.84. The molecule has 4 heteroatoms.